The van der Waals surface area contributed by atoms with Crippen LogP contribution < -0.4 is 0 Å². The molecule has 0 aromatic heterocycles. The van der Waals surface area contributed by atoms with Crippen LogP contribution in [0.3, 0.4) is 0 Å². The second kappa shape index (κ2) is 18.1. The number of hydrogen-bond donors (Lipinski definition) is 1. The molecule has 0 bridgehead atoms. The van der Waals surface area contributed by atoms with Crippen LogP contribution in [0.2, 0.25) is 0 Å². The van der Waals surface area contributed by atoms with Crippen LogP contribution >= 0.6 is 0 Å². The molecule has 1 amide bonds. The van der Waals surface area contributed by atoms with E-state index < -0.39 is 11.9 Å². The van der Waals surface area contributed by atoms with E-state index in [9.17, 15) is 9.59 Å². The number of allylic oxidation sites excluding steroid dienone is 2. The van der Waals surface area contributed by atoms with Gasteiger partial charge in [0.25, 0.3) is 0 Å². The third-order valence-electron chi connectivity index (χ3n) is 5.17. The first-order valence-electron chi connectivity index (χ1n) is 11.2. The summed E-state index contributed by atoms with van der Waals surface area (Å²) in [6, 6.07) is 0. The molecule has 0 spiro atoms. The van der Waals surface area contributed by atoms with E-state index in [1.807, 2.05) is 13.8 Å². The lowest BCUT2D eigenvalue weighted by molar-refractivity contribution is -0.144. The minimum Gasteiger partial charge on any atom is -0.481 e. The smallest absolute Gasteiger partial charge is 0.304 e. The first-order valence-corrected chi connectivity index (χ1v) is 11.2. The standard InChI is InChI=1S/C23H43NO3/c1-4-7-8-9-10-11-12-13-14-15-16-17-18-19-21(20-22(25)26)23(27)24(5-2)6-3/h16-17,21H,4-15,18-20H2,1-3H3,(H,25,26)/b17-16+. The molecule has 4 nitrogen and oxygen atoms in total. The third-order valence-corrected chi connectivity index (χ3v) is 5.17. The number of amides is 1. The fraction of sp³-hybridized carbons (Fsp3) is 0.826. The average molecular weight is 382 g/mol. The van der Waals surface area contributed by atoms with E-state index in [2.05, 4.69) is 19.1 Å². The predicted molar refractivity (Wildman–Crippen MR) is 114 cm³/mol. The summed E-state index contributed by atoms with van der Waals surface area (Å²) in [6.45, 7) is 7.40. The van der Waals surface area contributed by atoms with Crippen LogP contribution in [0.15, 0.2) is 12.2 Å². The largest absolute Gasteiger partial charge is 0.481 e. The second-order valence-corrected chi connectivity index (χ2v) is 7.47. The van der Waals surface area contributed by atoms with Crippen molar-refractivity contribution in [3.63, 3.8) is 0 Å². The van der Waals surface area contributed by atoms with E-state index in [1.165, 1.54) is 57.8 Å². The zero-order valence-corrected chi connectivity index (χ0v) is 18.0. The first kappa shape index (κ1) is 25.7. The molecule has 1 atom stereocenters. The summed E-state index contributed by atoms with van der Waals surface area (Å²) >= 11 is 0. The molecule has 27 heavy (non-hydrogen) atoms. The van der Waals surface area contributed by atoms with Crippen molar-refractivity contribution in [2.75, 3.05) is 13.1 Å². The quantitative estimate of drug-likeness (QED) is 0.227. The number of hydrogen-bond acceptors (Lipinski definition) is 2. The molecular weight excluding hydrogens is 338 g/mol. The minimum absolute atomic E-state index is 0.0188. The van der Waals surface area contributed by atoms with Gasteiger partial charge in [0.05, 0.1) is 6.42 Å². The Morgan fingerprint density at radius 1 is 0.815 bits per heavy atom. The summed E-state index contributed by atoms with van der Waals surface area (Å²) in [5.74, 6) is -1.31. The maximum Gasteiger partial charge on any atom is 0.304 e. The summed E-state index contributed by atoms with van der Waals surface area (Å²) in [4.78, 5) is 25.2. The molecule has 0 aliphatic heterocycles. The molecule has 4 heteroatoms. The van der Waals surface area contributed by atoms with Crippen molar-refractivity contribution in [3.05, 3.63) is 12.2 Å². The van der Waals surface area contributed by atoms with Crippen molar-refractivity contribution in [3.8, 4) is 0 Å². The summed E-state index contributed by atoms with van der Waals surface area (Å²) in [6.07, 6.45) is 18.8. The highest BCUT2D eigenvalue weighted by molar-refractivity contribution is 5.83. The van der Waals surface area contributed by atoms with Crippen LogP contribution in [0.5, 0.6) is 0 Å². The Morgan fingerprint density at radius 2 is 1.33 bits per heavy atom. The van der Waals surface area contributed by atoms with E-state index in [4.69, 9.17) is 5.11 Å². The number of carboxylic acid groups (broad SMARTS) is 1. The molecular formula is C23H43NO3. The van der Waals surface area contributed by atoms with E-state index in [0.717, 1.165) is 12.8 Å². The van der Waals surface area contributed by atoms with Crippen LogP contribution in [-0.2, 0) is 9.59 Å². The Morgan fingerprint density at radius 3 is 1.85 bits per heavy atom. The molecule has 0 aliphatic carbocycles. The third kappa shape index (κ3) is 14.4. The van der Waals surface area contributed by atoms with E-state index in [0.29, 0.717) is 19.5 Å². The molecule has 0 saturated carbocycles. The maximum atomic E-state index is 12.4. The Kier molecular flexibility index (Phi) is 17.2. The molecule has 0 saturated heterocycles. The molecule has 158 valence electrons. The second-order valence-electron chi connectivity index (χ2n) is 7.47. The van der Waals surface area contributed by atoms with Crippen molar-refractivity contribution < 1.29 is 14.7 Å². The molecule has 1 N–H and O–H groups in total. The van der Waals surface area contributed by atoms with Crippen molar-refractivity contribution in [2.45, 2.75) is 104 Å². The zero-order chi connectivity index (χ0) is 20.3. The number of aliphatic carboxylic acids is 1. The van der Waals surface area contributed by atoms with Crippen LogP contribution in [0, 0.1) is 5.92 Å². The summed E-state index contributed by atoms with van der Waals surface area (Å²) < 4.78 is 0. The van der Waals surface area contributed by atoms with Gasteiger partial charge in [0, 0.05) is 19.0 Å². The molecule has 0 heterocycles. The number of carbonyl (C=O) groups is 2. The predicted octanol–water partition coefficient (Wildman–Crippen LogP) is 6.20. The topological polar surface area (TPSA) is 57.6 Å². The molecule has 0 aromatic rings. The molecule has 0 radical (unpaired) electrons. The molecule has 0 aliphatic rings. The lowest BCUT2D eigenvalue weighted by atomic mass is 9.97. The number of carbonyl (C=O) groups excluding carboxylic acids is 1. The fourth-order valence-electron chi connectivity index (χ4n) is 3.42. The summed E-state index contributed by atoms with van der Waals surface area (Å²) in [5, 5.41) is 9.08. The average Bonchev–Trinajstić information content (AvgIpc) is 2.65. The van der Waals surface area contributed by atoms with Gasteiger partial charge in [-0.05, 0) is 39.5 Å². The van der Waals surface area contributed by atoms with Gasteiger partial charge in [0.15, 0.2) is 0 Å². The van der Waals surface area contributed by atoms with Crippen LogP contribution in [0.25, 0.3) is 0 Å². The normalized spacial score (nSPS) is 12.4. The van der Waals surface area contributed by atoms with Gasteiger partial charge in [-0.1, -0.05) is 70.4 Å². The first-order chi connectivity index (χ1) is 13.1. The summed E-state index contributed by atoms with van der Waals surface area (Å²) in [7, 11) is 0. The van der Waals surface area contributed by atoms with Gasteiger partial charge in [-0.25, -0.2) is 0 Å². The Labute approximate surface area is 167 Å². The van der Waals surface area contributed by atoms with E-state index in [-0.39, 0.29) is 12.3 Å². The molecule has 1 unspecified atom stereocenters. The number of nitrogens with zero attached hydrogens (tertiary/aromatic N) is 1. The van der Waals surface area contributed by atoms with Crippen LogP contribution in [0.1, 0.15) is 104 Å². The SMILES string of the molecule is CCCCCCCCCCC/C=C/CCC(CC(=O)O)C(=O)N(CC)CC. The fourth-order valence-corrected chi connectivity index (χ4v) is 3.42. The Balaban J connectivity index is 3.88. The maximum absolute atomic E-state index is 12.4. The number of unbranched alkanes of at least 4 members (excludes halogenated alkanes) is 9. The van der Waals surface area contributed by atoms with Crippen molar-refractivity contribution >= 4 is 11.9 Å². The lowest BCUT2D eigenvalue weighted by Gasteiger charge is -2.24. The van der Waals surface area contributed by atoms with Crippen LogP contribution in [0.4, 0.5) is 0 Å². The molecule has 0 aromatic carbocycles. The number of carboxylic acids is 1. The van der Waals surface area contributed by atoms with Gasteiger partial charge in [0.2, 0.25) is 5.91 Å². The van der Waals surface area contributed by atoms with E-state index in [1.54, 1.807) is 4.90 Å². The Hall–Kier alpha value is -1.32. The molecule has 0 rings (SSSR count). The van der Waals surface area contributed by atoms with Gasteiger partial charge in [-0.3, -0.25) is 9.59 Å². The van der Waals surface area contributed by atoms with Crippen molar-refractivity contribution in [1.29, 1.82) is 0 Å². The van der Waals surface area contributed by atoms with Gasteiger partial charge in [0.1, 0.15) is 0 Å². The highest BCUT2D eigenvalue weighted by Gasteiger charge is 2.24. The van der Waals surface area contributed by atoms with Gasteiger partial charge >= 0.3 is 5.97 Å². The highest BCUT2D eigenvalue weighted by atomic mass is 16.4. The highest BCUT2D eigenvalue weighted by Crippen LogP contribution is 2.16. The summed E-state index contributed by atoms with van der Waals surface area (Å²) in [5.41, 5.74) is 0. The monoisotopic (exact) mass is 381 g/mol. The lowest BCUT2D eigenvalue weighted by Crippen LogP contribution is -2.36. The Bertz CT molecular complexity index is 402. The van der Waals surface area contributed by atoms with Crippen molar-refractivity contribution in [2.24, 2.45) is 5.92 Å². The molecule has 0 fully saturated rings. The van der Waals surface area contributed by atoms with Gasteiger partial charge in [-0.2, -0.15) is 0 Å². The number of rotatable bonds is 18. The zero-order valence-electron chi connectivity index (χ0n) is 18.0. The van der Waals surface area contributed by atoms with Gasteiger partial charge in [-0.15, -0.1) is 0 Å². The van der Waals surface area contributed by atoms with Crippen molar-refractivity contribution in [1.82, 2.24) is 4.90 Å². The van der Waals surface area contributed by atoms with E-state index >= 15 is 0 Å². The van der Waals surface area contributed by atoms with Crippen LogP contribution in [-0.4, -0.2) is 35.0 Å². The van der Waals surface area contributed by atoms with Gasteiger partial charge < -0.3 is 10.0 Å². The minimum atomic E-state index is -0.890.